The van der Waals surface area contributed by atoms with Crippen LogP contribution >= 0.6 is 0 Å². The van der Waals surface area contributed by atoms with Gasteiger partial charge in [0.2, 0.25) is 5.88 Å². The lowest BCUT2D eigenvalue weighted by Gasteiger charge is -2.09. The zero-order valence-electron chi connectivity index (χ0n) is 10.5. The average molecular weight is 251 g/mol. The minimum absolute atomic E-state index is 0.473. The minimum atomic E-state index is 0.473. The van der Waals surface area contributed by atoms with Crippen LogP contribution in [0.15, 0.2) is 48.5 Å². The summed E-state index contributed by atoms with van der Waals surface area (Å²) in [5.74, 6) is 1.20. The van der Waals surface area contributed by atoms with Crippen molar-refractivity contribution in [2.75, 3.05) is 5.73 Å². The second-order valence-electron chi connectivity index (χ2n) is 4.31. The quantitative estimate of drug-likeness (QED) is 0.710. The van der Waals surface area contributed by atoms with Crippen LogP contribution in [0.5, 0.6) is 11.6 Å². The number of rotatable bonds is 2. The summed E-state index contributed by atoms with van der Waals surface area (Å²) in [7, 11) is 0. The average Bonchev–Trinajstić information content (AvgIpc) is 2.45. The SMILES string of the molecule is Cc1ccc(Oc2ccc(N)c3ccccc23)nn1. The molecule has 2 N–H and O–H groups in total. The molecule has 0 atom stereocenters. The van der Waals surface area contributed by atoms with E-state index in [4.69, 9.17) is 10.5 Å². The van der Waals surface area contributed by atoms with Gasteiger partial charge in [-0.2, -0.15) is 5.10 Å². The largest absolute Gasteiger partial charge is 0.437 e. The fourth-order valence-corrected chi connectivity index (χ4v) is 1.94. The molecule has 1 aromatic heterocycles. The van der Waals surface area contributed by atoms with Crippen LogP contribution in [-0.4, -0.2) is 10.2 Å². The van der Waals surface area contributed by atoms with Gasteiger partial charge < -0.3 is 10.5 Å². The van der Waals surface area contributed by atoms with Crippen LogP contribution in [0.1, 0.15) is 5.69 Å². The first-order chi connectivity index (χ1) is 9.24. The van der Waals surface area contributed by atoms with Gasteiger partial charge in [0.15, 0.2) is 0 Å². The van der Waals surface area contributed by atoms with E-state index in [0.717, 1.165) is 27.9 Å². The van der Waals surface area contributed by atoms with Gasteiger partial charge in [0, 0.05) is 22.5 Å². The molecule has 3 rings (SSSR count). The lowest BCUT2D eigenvalue weighted by Crippen LogP contribution is -1.94. The van der Waals surface area contributed by atoms with E-state index < -0.39 is 0 Å². The van der Waals surface area contributed by atoms with E-state index in [1.807, 2.05) is 49.4 Å². The number of aryl methyl sites for hydroxylation is 1. The summed E-state index contributed by atoms with van der Waals surface area (Å²) in [5.41, 5.74) is 7.55. The summed E-state index contributed by atoms with van der Waals surface area (Å²) in [6.07, 6.45) is 0. The van der Waals surface area contributed by atoms with E-state index >= 15 is 0 Å². The van der Waals surface area contributed by atoms with Crippen LogP contribution in [-0.2, 0) is 0 Å². The van der Waals surface area contributed by atoms with Gasteiger partial charge in [-0.25, -0.2) is 0 Å². The Labute approximate surface area is 110 Å². The molecule has 4 heteroatoms. The van der Waals surface area contributed by atoms with Gasteiger partial charge in [0.1, 0.15) is 5.75 Å². The number of hydrogen-bond donors (Lipinski definition) is 1. The van der Waals surface area contributed by atoms with Crippen molar-refractivity contribution in [3.05, 3.63) is 54.2 Å². The summed E-state index contributed by atoms with van der Waals surface area (Å²) >= 11 is 0. The highest BCUT2D eigenvalue weighted by Gasteiger charge is 2.06. The van der Waals surface area contributed by atoms with E-state index in [0.29, 0.717) is 5.88 Å². The molecule has 0 aliphatic heterocycles. The van der Waals surface area contributed by atoms with Gasteiger partial charge >= 0.3 is 0 Å². The van der Waals surface area contributed by atoms with Gasteiger partial charge in [0.25, 0.3) is 0 Å². The second-order valence-corrected chi connectivity index (χ2v) is 4.31. The highest BCUT2D eigenvalue weighted by atomic mass is 16.5. The number of anilines is 1. The highest BCUT2D eigenvalue weighted by Crippen LogP contribution is 2.32. The highest BCUT2D eigenvalue weighted by molar-refractivity contribution is 5.97. The molecular weight excluding hydrogens is 238 g/mol. The number of aromatic nitrogens is 2. The van der Waals surface area contributed by atoms with Crippen molar-refractivity contribution in [2.24, 2.45) is 0 Å². The Morgan fingerprint density at radius 1 is 0.895 bits per heavy atom. The molecule has 0 amide bonds. The Kier molecular flexibility index (Phi) is 2.76. The topological polar surface area (TPSA) is 61.0 Å². The smallest absolute Gasteiger partial charge is 0.238 e. The molecule has 4 nitrogen and oxygen atoms in total. The van der Waals surface area contributed by atoms with Crippen LogP contribution in [0, 0.1) is 6.92 Å². The molecule has 0 spiro atoms. The standard InChI is InChI=1S/C15H13N3O/c1-10-6-9-15(18-17-10)19-14-8-7-13(16)11-4-2-3-5-12(11)14/h2-9H,16H2,1H3. The maximum atomic E-state index is 5.95. The summed E-state index contributed by atoms with van der Waals surface area (Å²) in [4.78, 5) is 0. The molecule has 2 aromatic carbocycles. The minimum Gasteiger partial charge on any atom is -0.437 e. The van der Waals surface area contributed by atoms with Gasteiger partial charge in [-0.3, -0.25) is 0 Å². The number of nitrogen functional groups attached to an aromatic ring is 1. The van der Waals surface area contributed by atoms with Crippen LogP contribution < -0.4 is 10.5 Å². The van der Waals surface area contributed by atoms with E-state index in [1.165, 1.54) is 0 Å². The molecule has 19 heavy (non-hydrogen) atoms. The molecule has 94 valence electrons. The van der Waals surface area contributed by atoms with Crippen LogP contribution in [0.4, 0.5) is 5.69 Å². The van der Waals surface area contributed by atoms with Crippen molar-refractivity contribution >= 4 is 16.5 Å². The van der Waals surface area contributed by atoms with Crippen molar-refractivity contribution in [1.29, 1.82) is 0 Å². The summed E-state index contributed by atoms with van der Waals surface area (Å²) < 4.78 is 5.77. The van der Waals surface area contributed by atoms with E-state index in [1.54, 1.807) is 6.07 Å². The van der Waals surface area contributed by atoms with Gasteiger partial charge in [-0.15, -0.1) is 5.10 Å². The van der Waals surface area contributed by atoms with Crippen LogP contribution in [0.3, 0.4) is 0 Å². The lowest BCUT2D eigenvalue weighted by atomic mass is 10.1. The molecule has 1 heterocycles. The van der Waals surface area contributed by atoms with E-state index in [-0.39, 0.29) is 0 Å². The Balaban J connectivity index is 2.06. The van der Waals surface area contributed by atoms with Crippen molar-refractivity contribution in [2.45, 2.75) is 6.92 Å². The third-order valence-corrected chi connectivity index (χ3v) is 2.91. The lowest BCUT2D eigenvalue weighted by molar-refractivity contribution is 0.459. The number of fused-ring (bicyclic) bond motifs is 1. The molecule has 0 bridgehead atoms. The number of nitrogens with two attached hydrogens (primary N) is 1. The van der Waals surface area contributed by atoms with Crippen molar-refractivity contribution in [1.82, 2.24) is 10.2 Å². The van der Waals surface area contributed by atoms with Crippen LogP contribution in [0.25, 0.3) is 10.8 Å². The molecule has 0 fully saturated rings. The summed E-state index contributed by atoms with van der Waals surface area (Å²) in [6.45, 7) is 1.88. The van der Waals surface area contributed by atoms with E-state index in [9.17, 15) is 0 Å². The molecule has 3 aromatic rings. The first kappa shape index (κ1) is 11.5. The molecule has 0 aliphatic rings. The Morgan fingerprint density at radius 2 is 1.68 bits per heavy atom. The summed E-state index contributed by atoms with van der Waals surface area (Å²) in [6, 6.07) is 15.2. The fourth-order valence-electron chi connectivity index (χ4n) is 1.94. The predicted molar refractivity (Wildman–Crippen MR) is 75.2 cm³/mol. The van der Waals surface area contributed by atoms with Gasteiger partial charge in [0.05, 0.1) is 5.69 Å². The van der Waals surface area contributed by atoms with Crippen molar-refractivity contribution in [3.63, 3.8) is 0 Å². The zero-order valence-corrected chi connectivity index (χ0v) is 10.5. The Morgan fingerprint density at radius 3 is 2.42 bits per heavy atom. The number of hydrogen-bond acceptors (Lipinski definition) is 4. The maximum absolute atomic E-state index is 5.95. The third kappa shape index (κ3) is 2.20. The predicted octanol–water partition coefficient (Wildman–Crippen LogP) is 3.31. The summed E-state index contributed by atoms with van der Waals surface area (Å²) in [5, 5.41) is 9.91. The maximum Gasteiger partial charge on any atom is 0.238 e. The second kappa shape index (κ2) is 4.57. The third-order valence-electron chi connectivity index (χ3n) is 2.91. The molecular formula is C15H13N3O. The Bertz CT molecular complexity index is 723. The first-order valence-corrected chi connectivity index (χ1v) is 5.99. The van der Waals surface area contributed by atoms with Crippen molar-refractivity contribution in [3.8, 4) is 11.6 Å². The monoisotopic (exact) mass is 251 g/mol. The molecule has 0 radical (unpaired) electrons. The number of ether oxygens (including phenoxy) is 1. The number of nitrogens with zero attached hydrogens (tertiary/aromatic N) is 2. The number of benzene rings is 2. The van der Waals surface area contributed by atoms with E-state index in [2.05, 4.69) is 10.2 Å². The van der Waals surface area contributed by atoms with Gasteiger partial charge in [-0.05, 0) is 25.1 Å². The first-order valence-electron chi connectivity index (χ1n) is 5.99. The Hall–Kier alpha value is -2.62. The molecule has 0 aliphatic carbocycles. The van der Waals surface area contributed by atoms with Crippen molar-refractivity contribution < 1.29 is 4.74 Å². The zero-order chi connectivity index (χ0) is 13.2. The molecule has 0 unspecified atom stereocenters. The van der Waals surface area contributed by atoms with Gasteiger partial charge in [-0.1, -0.05) is 24.3 Å². The fraction of sp³-hybridized carbons (Fsp3) is 0.0667. The normalized spacial score (nSPS) is 10.6. The van der Waals surface area contributed by atoms with Crippen LogP contribution in [0.2, 0.25) is 0 Å². The molecule has 0 saturated carbocycles. The molecule has 0 saturated heterocycles.